The molecule has 0 saturated carbocycles. The van der Waals surface area contributed by atoms with E-state index in [9.17, 15) is 0 Å². The topological polar surface area (TPSA) is 55.2 Å². The van der Waals surface area contributed by atoms with Crippen molar-refractivity contribution in [2.75, 3.05) is 20.2 Å². The summed E-state index contributed by atoms with van der Waals surface area (Å²) in [6.07, 6.45) is 9.10. The van der Waals surface area contributed by atoms with Crippen LogP contribution in [-0.2, 0) is 17.9 Å². The zero-order valence-corrected chi connectivity index (χ0v) is 14.2. The molecule has 1 aromatic rings. The molecule has 3 atom stereocenters. The first-order valence-corrected chi connectivity index (χ1v) is 9.28. The standard InChI is InChI=1S/C17H29N5O/c1-23-12-16-19-17-14(7-5-11-22(17)20-16)18-13-6-4-10-21-9-3-2-8-15(13)21/h13-15,18H,2-12H2,1H3. The highest BCUT2D eigenvalue weighted by Gasteiger charge is 2.35. The maximum absolute atomic E-state index is 5.20. The molecule has 6 heteroatoms. The van der Waals surface area contributed by atoms with Crippen LogP contribution in [-0.4, -0.2) is 51.9 Å². The molecule has 0 aromatic carbocycles. The molecule has 0 spiro atoms. The summed E-state index contributed by atoms with van der Waals surface area (Å²) in [4.78, 5) is 7.46. The Morgan fingerprint density at radius 2 is 1.96 bits per heavy atom. The maximum Gasteiger partial charge on any atom is 0.176 e. The molecule has 4 heterocycles. The van der Waals surface area contributed by atoms with E-state index < -0.39 is 0 Å². The van der Waals surface area contributed by atoms with E-state index in [0.717, 1.165) is 24.2 Å². The quantitative estimate of drug-likeness (QED) is 0.918. The predicted octanol–water partition coefficient (Wildman–Crippen LogP) is 1.87. The van der Waals surface area contributed by atoms with Crippen LogP contribution in [0.4, 0.5) is 0 Å². The van der Waals surface area contributed by atoms with Crippen LogP contribution in [0.15, 0.2) is 0 Å². The van der Waals surface area contributed by atoms with Crippen LogP contribution >= 0.6 is 0 Å². The molecule has 1 aromatic heterocycles. The van der Waals surface area contributed by atoms with E-state index in [2.05, 4.69) is 20.0 Å². The van der Waals surface area contributed by atoms with Gasteiger partial charge in [0.1, 0.15) is 12.4 Å². The predicted molar refractivity (Wildman–Crippen MR) is 88.1 cm³/mol. The van der Waals surface area contributed by atoms with E-state index in [4.69, 9.17) is 9.72 Å². The molecule has 2 fully saturated rings. The van der Waals surface area contributed by atoms with Gasteiger partial charge in [0.2, 0.25) is 0 Å². The van der Waals surface area contributed by atoms with Crippen molar-refractivity contribution in [1.29, 1.82) is 0 Å². The fourth-order valence-electron chi connectivity index (χ4n) is 4.66. The Balaban J connectivity index is 1.48. The highest BCUT2D eigenvalue weighted by Crippen LogP contribution is 2.30. The molecule has 0 radical (unpaired) electrons. The lowest BCUT2D eigenvalue weighted by Gasteiger charge is -2.45. The largest absolute Gasteiger partial charge is 0.377 e. The first-order chi connectivity index (χ1) is 11.3. The van der Waals surface area contributed by atoms with Crippen molar-refractivity contribution in [3.8, 4) is 0 Å². The van der Waals surface area contributed by atoms with Gasteiger partial charge in [-0.15, -0.1) is 0 Å². The molecular weight excluding hydrogens is 290 g/mol. The zero-order valence-electron chi connectivity index (χ0n) is 14.2. The number of ether oxygens (including phenoxy) is 1. The van der Waals surface area contributed by atoms with E-state index in [0.29, 0.717) is 18.7 Å². The molecule has 23 heavy (non-hydrogen) atoms. The lowest BCUT2D eigenvalue weighted by atomic mass is 9.88. The SMILES string of the molecule is COCc1nc2n(n1)CCCC2NC1CCCN2CCCCC12. The summed E-state index contributed by atoms with van der Waals surface area (Å²) < 4.78 is 7.29. The molecule has 3 unspecified atom stereocenters. The molecule has 6 nitrogen and oxygen atoms in total. The van der Waals surface area contributed by atoms with Gasteiger partial charge in [-0.3, -0.25) is 4.90 Å². The van der Waals surface area contributed by atoms with Gasteiger partial charge in [-0.05, 0) is 51.6 Å². The summed E-state index contributed by atoms with van der Waals surface area (Å²) in [6.45, 7) is 4.08. The summed E-state index contributed by atoms with van der Waals surface area (Å²) in [6, 6.07) is 1.70. The minimum Gasteiger partial charge on any atom is -0.377 e. The summed E-state index contributed by atoms with van der Waals surface area (Å²) in [5.74, 6) is 1.94. The van der Waals surface area contributed by atoms with E-state index >= 15 is 0 Å². The normalized spacial score (nSPS) is 31.6. The van der Waals surface area contributed by atoms with Crippen molar-refractivity contribution >= 4 is 0 Å². The van der Waals surface area contributed by atoms with Crippen LogP contribution in [0, 0.1) is 0 Å². The third-order valence-corrected chi connectivity index (χ3v) is 5.70. The number of aromatic nitrogens is 3. The number of nitrogens with zero attached hydrogens (tertiary/aromatic N) is 4. The lowest BCUT2D eigenvalue weighted by molar-refractivity contribution is 0.0700. The maximum atomic E-state index is 5.20. The number of rotatable bonds is 4. The number of hydrogen-bond acceptors (Lipinski definition) is 5. The average molecular weight is 319 g/mol. The van der Waals surface area contributed by atoms with Crippen LogP contribution in [0.3, 0.4) is 0 Å². The second kappa shape index (κ2) is 6.87. The van der Waals surface area contributed by atoms with Gasteiger partial charge in [-0.1, -0.05) is 6.42 Å². The van der Waals surface area contributed by atoms with Crippen molar-refractivity contribution in [3.63, 3.8) is 0 Å². The first kappa shape index (κ1) is 15.5. The Labute approximate surface area is 138 Å². The van der Waals surface area contributed by atoms with E-state index in [1.807, 2.05) is 0 Å². The molecular formula is C17H29N5O. The molecule has 1 N–H and O–H groups in total. The summed E-state index contributed by atoms with van der Waals surface area (Å²) in [5, 5.41) is 8.56. The zero-order chi connectivity index (χ0) is 15.6. The second-order valence-corrected chi connectivity index (χ2v) is 7.25. The Morgan fingerprint density at radius 1 is 1.09 bits per heavy atom. The van der Waals surface area contributed by atoms with Crippen molar-refractivity contribution in [2.24, 2.45) is 0 Å². The fraction of sp³-hybridized carbons (Fsp3) is 0.882. The molecule has 0 aliphatic carbocycles. The van der Waals surface area contributed by atoms with Gasteiger partial charge in [0.25, 0.3) is 0 Å². The van der Waals surface area contributed by atoms with Crippen LogP contribution < -0.4 is 5.32 Å². The monoisotopic (exact) mass is 319 g/mol. The van der Waals surface area contributed by atoms with Crippen LogP contribution in [0.1, 0.15) is 62.6 Å². The smallest absolute Gasteiger partial charge is 0.176 e. The molecule has 4 rings (SSSR count). The Morgan fingerprint density at radius 3 is 2.87 bits per heavy atom. The van der Waals surface area contributed by atoms with Crippen LogP contribution in [0.5, 0.6) is 0 Å². The Kier molecular flexibility index (Phi) is 4.64. The van der Waals surface area contributed by atoms with Crippen molar-refractivity contribution in [2.45, 2.75) is 76.2 Å². The second-order valence-electron chi connectivity index (χ2n) is 7.25. The molecule has 2 saturated heterocycles. The highest BCUT2D eigenvalue weighted by molar-refractivity contribution is 5.04. The third-order valence-electron chi connectivity index (χ3n) is 5.70. The number of hydrogen-bond donors (Lipinski definition) is 1. The van der Waals surface area contributed by atoms with Gasteiger partial charge in [0.15, 0.2) is 5.82 Å². The number of aryl methyl sites for hydroxylation is 1. The Hall–Kier alpha value is -0.980. The van der Waals surface area contributed by atoms with Gasteiger partial charge in [0, 0.05) is 25.7 Å². The lowest BCUT2D eigenvalue weighted by Crippen LogP contribution is -2.56. The molecule has 0 bridgehead atoms. The van der Waals surface area contributed by atoms with Crippen LogP contribution in [0.25, 0.3) is 0 Å². The molecule has 0 amide bonds. The fourth-order valence-corrected chi connectivity index (χ4v) is 4.66. The highest BCUT2D eigenvalue weighted by atomic mass is 16.5. The number of methoxy groups -OCH3 is 1. The van der Waals surface area contributed by atoms with E-state index in [-0.39, 0.29) is 0 Å². The Bertz CT molecular complexity index is 529. The molecule has 3 aliphatic heterocycles. The summed E-state index contributed by atoms with van der Waals surface area (Å²) in [5.41, 5.74) is 0. The van der Waals surface area contributed by atoms with Crippen molar-refractivity contribution in [3.05, 3.63) is 11.6 Å². The average Bonchev–Trinajstić information content (AvgIpc) is 2.99. The summed E-state index contributed by atoms with van der Waals surface area (Å²) >= 11 is 0. The third kappa shape index (κ3) is 3.16. The minimum atomic E-state index is 0.355. The van der Waals surface area contributed by atoms with Gasteiger partial charge >= 0.3 is 0 Å². The van der Waals surface area contributed by atoms with E-state index in [1.54, 1.807) is 7.11 Å². The van der Waals surface area contributed by atoms with Gasteiger partial charge < -0.3 is 10.1 Å². The minimum absolute atomic E-state index is 0.355. The summed E-state index contributed by atoms with van der Waals surface area (Å²) in [7, 11) is 1.70. The van der Waals surface area contributed by atoms with Gasteiger partial charge in [0.05, 0.1) is 6.04 Å². The van der Waals surface area contributed by atoms with Crippen molar-refractivity contribution in [1.82, 2.24) is 25.0 Å². The first-order valence-electron chi connectivity index (χ1n) is 9.28. The van der Waals surface area contributed by atoms with Gasteiger partial charge in [-0.25, -0.2) is 9.67 Å². The van der Waals surface area contributed by atoms with Gasteiger partial charge in [-0.2, -0.15) is 5.10 Å². The van der Waals surface area contributed by atoms with E-state index in [1.165, 1.54) is 58.0 Å². The molecule has 3 aliphatic rings. The van der Waals surface area contributed by atoms with Crippen LogP contribution in [0.2, 0.25) is 0 Å². The number of piperidine rings is 2. The van der Waals surface area contributed by atoms with Crippen molar-refractivity contribution < 1.29 is 4.74 Å². The number of fused-ring (bicyclic) bond motifs is 2. The molecule has 128 valence electrons. The number of nitrogens with one attached hydrogen (secondary N) is 1.